The molecular weight excluding hydrogens is 587 g/mol. The third-order valence-electron chi connectivity index (χ3n) is 5.76. The van der Waals surface area contributed by atoms with Crippen molar-refractivity contribution in [1.29, 1.82) is 0 Å². The van der Waals surface area contributed by atoms with Crippen LogP contribution in [0.5, 0.6) is 17.2 Å². The Morgan fingerprint density at radius 1 is 0.976 bits per heavy atom. The smallest absolute Gasteiger partial charge is 0.497 e. The van der Waals surface area contributed by atoms with E-state index in [-0.39, 0.29) is 45.7 Å². The van der Waals surface area contributed by atoms with E-state index in [2.05, 4.69) is 14.8 Å². The fourth-order valence-electron chi connectivity index (χ4n) is 4.10. The van der Waals surface area contributed by atoms with Gasteiger partial charge >= 0.3 is 13.0 Å². The van der Waals surface area contributed by atoms with E-state index < -0.39 is 41.8 Å². The highest BCUT2D eigenvalue weighted by atomic mass is 35.5. The molecule has 41 heavy (non-hydrogen) atoms. The van der Waals surface area contributed by atoms with Gasteiger partial charge in [0, 0.05) is 35.8 Å². The summed E-state index contributed by atoms with van der Waals surface area (Å²) in [6.45, 7) is -3.37. The first kappa shape index (κ1) is 29.6. The number of methoxy groups -OCH3 is 1. The maximum absolute atomic E-state index is 15.2. The van der Waals surface area contributed by atoms with Crippen molar-refractivity contribution < 1.29 is 49.7 Å². The largest absolute Gasteiger partial charge is 0.573 e. The Balaban J connectivity index is 1.74. The number of carbonyl (C=O) groups is 1. The summed E-state index contributed by atoms with van der Waals surface area (Å²) in [4.78, 5) is 13.1. The molecule has 0 atom stereocenters. The molecule has 0 spiro atoms. The third kappa shape index (κ3) is 6.88. The molecule has 3 aromatic rings. The predicted octanol–water partition coefficient (Wildman–Crippen LogP) is 6.59. The van der Waals surface area contributed by atoms with E-state index in [9.17, 15) is 26.7 Å². The minimum atomic E-state index is -5.02. The van der Waals surface area contributed by atoms with Crippen molar-refractivity contribution in [3.63, 3.8) is 0 Å². The van der Waals surface area contributed by atoms with Crippen molar-refractivity contribution in [1.82, 2.24) is 10.3 Å². The number of hydrazine groups is 1. The maximum atomic E-state index is 15.2. The zero-order valence-electron chi connectivity index (χ0n) is 21.0. The molecule has 0 aromatic heterocycles. The van der Waals surface area contributed by atoms with Crippen LogP contribution in [0.15, 0.2) is 60.3 Å². The van der Waals surface area contributed by atoms with Crippen LogP contribution in [0.1, 0.15) is 15.9 Å². The Labute approximate surface area is 233 Å². The summed E-state index contributed by atoms with van der Waals surface area (Å²) < 4.78 is 107. The average molecular weight is 606 g/mol. The van der Waals surface area contributed by atoms with Crippen molar-refractivity contribution in [3.8, 4) is 17.2 Å². The molecule has 0 fully saturated rings. The van der Waals surface area contributed by atoms with Crippen LogP contribution in [-0.2, 0) is 0 Å². The topological polar surface area (TPSA) is 63.3 Å². The molecule has 0 unspecified atom stereocenters. The molecule has 3 aromatic carbocycles. The fourth-order valence-corrected chi connectivity index (χ4v) is 4.32. The number of rotatable bonds is 8. The summed E-state index contributed by atoms with van der Waals surface area (Å²) in [5.41, 5.74) is -0.776. The lowest BCUT2D eigenvalue weighted by Gasteiger charge is -2.31. The fraction of sp³-hybridized carbons (Fsp3) is 0.192. The van der Waals surface area contributed by atoms with Gasteiger partial charge in [0.05, 0.1) is 36.3 Å². The number of anilines is 1. The molecule has 7 nitrogen and oxygen atoms in total. The molecule has 218 valence electrons. The Kier molecular flexibility index (Phi) is 8.42. The van der Waals surface area contributed by atoms with Gasteiger partial charge in [-0.25, -0.2) is 8.78 Å². The van der Waals surface area contributed by atoms with E-state index >= 15 is 8.78 Å². The van der Waals surface area contributed by atoms with Gasteiger partial charge in [0.2, 0.25) is 0 Å². The van der Waals surface area contributed by atoms with E-state index in [1.54, 1.807) is 0 Å². The number of alkyl halides is 5. The molecule has 1 N–H and O–H groups in total. The molecule has 4 rings (SSSR count). The Morgan fingerprint density at radius 3 is 2.17 bits per heavy atom. The van der Waals surface area contributed by atoms with Crippen molar-refractivity contribution in [2.24, 2.45) is 0 Å². The summed E-state index contributed by atoms with van der Waals surface area (Å²) >= 11 is 6.02. The van der Waals surface area contributed by atoms with E-state index in [1.165, 1.54) is 42.4 Å². The van der Waals surface area contributed by atoms with Crippen LogP contribution in [-0.4, -0.2) is 44.6 Å². The van der Waals surface area contributed by atoms with Crippen molar-refractivity contribution >= 4 is 28.9 Å². The summed E-state index contributed by atoms with van der Waals surface area (Å²) in [6.07, 6.45) is -5.02. The summed E-state index contributed by atoms with van der Waals surface area (Å²) in [5.74, 6) is -3.88. The molecule has 0 radical (unpaired) electrons. The SMILES string of the molecule is COc1cc(F)c(C2=C(NC(=O)c3ccc(OC(F)F)cc3)CN(c3cc(Cl)cc(OC(F)(F)F)c3)N2C)c(F)c1. The molecule has 1 aliphatic rings. The average Bonchev–Trinajstić information content (AvgIpc) is 3.17. The number of nitrogens with zero attached hydrogens (tertiary/aromatic N) is 2. The molecule has 0 saturated carbocycles. The van der Waals surface area contributed by atoms with Gasteiger partial charge < -0.3 is 19.5 Å². The number of hydrogen-bond donors (Lipinski definition) is 1. The van der Waals surface area contributed by atoms with Crippen molar-refractivity contribution in [2.75, 3.05) is 25.7 Å². The molecule has 0 bridgehead atoms. The van der Waals surface area contributed by atoms with Gasteiger partial charge in [0.15, 0.2) is 0 Å². The summed E-state index contributed by atoms with van der Waals surface area (Å²) in [5, 5.41) is 4.92. The lowest BCUT2D eigenvalue weighted by Crippen LogP contribution is -2.35. The van der Waals surface area contributed by atoms with Crippen LogP contribution >= 0.6 is 11.6 Å². The summed E-state index contributed by atoms with van der Waals surface area (Å²) in [6, 6.07) is 9.67. The zero-order chi connectivity index (χ0) is 30.1. The van der Waals surface area contributed by atoms with Gasteiger partial charge in [-0.1, -0.05) is 11.6 Å². The lowest BCUT2D eigenvalue weighted by atomic mass is 10.1. The molecule has 15 heteroatoms. The first-order valence-corrected chi connectivity index (χ1v) is 11.8. The standard InChI is InChI=1S/C26H19ClF7N3O4/c1-36-23(22-19(28)10-17(39-2)11-20(22)29)21(35-24(38)13-3-5-16(6-4-13)40-25(30)31)12-37(36)15-7-14(27)8-18(9-15)41-26(32,33)34/h3-11,25H,12H2,1-2H3,(H,35,38). The van der Waals surface area contributed by atoms with E-state index in [0.717, 1.165) is 36.4 Å². The first-order valence-electron chi connectivity index (χ1n) is 11.5. The van der Waals surface area contributed by atoms with Crippen LogP contribution in [0, 0.1) is 11.6 Å². The van der Waals surface area contributed by atoms with Crippen molar-refractivity contribution in [2.45, 2.75) is 13.0 Å². The number of halogens is 8. The first-order chi connectivity index (χ1) is 19.3. The number of ether oxygens (including phenoxy) is 3. The Morgan fingerprint density at radius 2 is 1.61 bits per heavy atom. The second-order valence-corrected chi connectivity index (χ2v) is 8.86. The molecule has 1 heterocycles. The van der Waals surface area contributed by atoms with Gasteiger partial charge in [0.1, 0.15) is 28.9 Å². The van der Waals surface area contributed by atoms with Crippen LogP contribution in [0.3, 0.4) is 0 Å². The monoisotopic (exact) mass is 605 g/mol. The van der Waals surface area contributed by atoms with Gasteiger partial charge in [-0.3, -0.25) is 14.8 Å². The van der Waals surface area contributed by atoms with Gasteiger partial charge in [0.25, 0.3) is 5.91 Å². The second-order valence-electron chi connectivity index (χ2n) is 8.42. The van der Waals surface area contributed by atoms with Crippen LogP contribution < -0.4 is 24.5 Å². The maximum Gasteiger partial charge on any atom is 0.573 e. The Bertz CT molecular complexity index is 1460. The quantitative estimate of drug-likeness (QED) is 0.292. The number of benzene rings is 3. The minimum Gasteiger partial charge on any atom is -0.497 e. The predicted molar refractivity (Wildman–Crippen MR) is 134 cm³/mol. The van der Waals surface area contributed by atoms with Crippen LogP contribution in [0.2, 0.25) is 5.02 Å². The second kappa shape index (κ2) is 11.6. The normalized spacial score (nSPS) is 13.6. The highest BCUT2D eigenvalue weighted by Gasteiger charge is 2.35. The molecule has 1 amide bonds. The molecular formula is C26H19ClF7N3O4. The number of amides is 1. The number of nitrogens with one attached hydrogen (secondary N) is 1. The van der Waals surface area contributed by atoms with E-state index in [4.69, 9.17) is 16.3 Å². The molecule has 0 aliphatic carbocycles. The van der Waals surface area contributed by atoms with Gasteiger partial charge in [-0.15, -0.1) is 13.2 Å². The molecule has 1 aliphatic heterocycles. The lowest BCUT2D eigenvalue weighted by molar-refractivity contribution is -0.274. The Hall–Kier alpha value is -4.33. The molecule has 0 saturated heterocycles. The number of carbonyl (C=O) groups excluding carboxylic acids is 1. The van der Waals surface area contributed by atoms with E-state index in [1.807, 2.05) is 0 Å². The highest BCUT2D eigenvalue weighted by Crippen LogP contribution is 2.39. The summed E-state index contributed by atoms with van der Waals surface area (Å²) in [7, 11) is 2.57. The van der Waals surface area contributed by atoms with Crippen molar-refractivity contribution in [3.05, 3.63) is 88.1 Å². The van der Waals surface area contributed by atoms with Crippen LogP contribution in [0.25, 0.3) is 5.70 Å². The van der Waals surface area contributed by atoms with Gasteiger partial charge in [-0.05, 0) is 36.4 Å². The zero-order valence-corrected chi connectivity index (χ0v) is 21.8. The number of hydrogen-bond acceptors (Lipinski definition) is 6. The van der Waals surface area contributed by atoms with E-state index in [0.29, 0.717) is 0 Å². The minimum absolute atomic E-state index is 0.0149. The van der Waals surface area contributed by atoms with Crippen LogP contribution in [0.4, 0.5) is 36.4 Å². The third-order valence-corrected chi connectivity index (χ3v) is 5.98. The van der Waals surface area contributed by atoms with Gasteiger partial charge in [-0.2, -0.15) is 8.78 Å². The highest BCUT2D eigenvalue weighted by molar-refractivity contribution is 6.31.